The summed E-state index contributed by atoms with van der Waals surface area (Å²) in [6.07, 6.45) is 82.4. The number of hydrogen-bond donors (Lipinski definition) is 6. The molecule has 1 fully saturated rings. The van der Waals surface area contributed by atoms with Crippen molar-refractivity contribution >= 4 is 11.9 Å². The van der Waals surface area contributed by atoms with Gasteiger partial charge in [-0.15, -0.1) is 0 Å². The Hall–Kier alpha value is -2.90. The maximum absolute atomic E-state index is 13.5. The van der Waals surface area contributed by atoms with Gasteiger partial charge >= 0.3 is 5.97 Å². The average molecular weight is 1320 g/mol. The van der Waals surface area contributed by atoms with E-state index in [-0.39, 0.29) is 13.0 Å². The molecule has 0 aliphatic carbocycles. The summed E-state index contributed by atoms with van der Waals surface area (Å²) in [7, 11) is 0. The van der Waals surface area contributed by atoms with E-state index >= 15 is 0 Å². The van der Waals surface area contributed by atoms with Gasteiger partial charge in [0.15, 0.2) is 12.4 Å². The van der Waals surface area contributed by atoms with Crippen molar-refractivity contribution in [3.63, 3.8) is 0 Å². The molecule has 11 nitrogen and oxygen atoms in total. The van der Waals surface area contributed by atoms with Crippen molar-refractivity contribution in [3.8, 4) is 0 Å². The molecular formula is C83H151NO10. The fraction of sp³-hybridized carbons (Fsp3) is 0.831. The standard InChI is InChI=1S/C83H151NO10/c1-4-7-10-13-16-19-22-25-27-29-31-33-35-37-39-41-43-45-47-49-51-53-56-59-62-65-68-71-78(88)94-81-80(90)79(89)77(72-85)93-83(81)92-73-74(75(86)69-66-63-60-57-54-24-21-18-15-12-9-6-3)84-82(91)76(87)70-67-64-61-58-55-52-50-48-46-44-42-40-38-36-34-32-30-28-26-23-20-17-14-11-8-5-2/h16-17,19-20,25-28,31,33,66,69,74-77,79-81,83,85-87,89-90H,4-15,18,21-24,29-30,32,34-65,67-68,70-73H2,1-3H3,(H,84,91)/b19-16-,20-17-,27-25-,28-26-,33-31-,69-66+. The van der Waals surface area contributed by atoms with Crippen LogP contribution >= 0.6 is 0 Å². The first kappa shape index (κ1) is 89.1. The molecule has 8 unspecified atom stereocenters. The number of esters is 1. The quantitative estimate of drug-likeness (QED) is 0.0195. The lowest BCUT2D eigenvalue weighted by Gasteiger charge is -2.41. The van der Waals surface area contributed by atoms with Crippen molar-refractivity contribution in [3.05, 3.63) is 72.9 Å². The molecule has 1 rings (SSSR count). The summed E-state index contributed by atoms with van der Waals surface area (Å²) in [6, 6.07) is -1.03. The van der Waals surface area contributed by atoms with Crippen LogP contribution in [0.1, 0.15) is 380 Å². The number of aliphatic hydroxyl groups excluding tert-OH is 5. The summed E-state index contributed by atoms with van der Waals surface area (Å²) >= 11 is 0. The second-order valence-corrected chi connectivity index (χ2v) is 27.8. The van der Waals surface area contributed by atoms with Crippen molar-refractivity contribution < 1.29 is 49.3 Å². The third-order valence-corrected chi connectivity index (χ3v) is 18.8. The number of amides is 1. The number of aliphatic hydroxyl groups is 5. The molecular weight excluding hydrogens is 1170 g/mol. The van der Waals surface area contributed by atoms with Gasteiger partial charge < -0.3 is 45.1 Å². The fourth-order valence-electron chi connectivity index (χ4n) is 12.5. The number of hydrogen-bond acceptors (Lipinski definition) is 10. The minimum atomic E-state index is -1.62. The Bertz CT molecular complexity index is 1810. The SMILES string of the molecule is CCCCC/C=C\C/C=C\C/C=C\CCCCCCCCCCCCCCCCC(=O)OC1C(OCC(NC(=O)C(O)CCCCCCCCCCCCCCCCCC/C=C\C/C=C\CCCCC)C(O)/C=C/CCCCCCCCCCCC)OC(CO)C(O)C1O. The Labute approximate surface area is 579 Å². The van der Waals surface area contributed by atoms with Crippen molar-refractivity contribution in [2.45, 2.75) is 429 Å². The minimum absolute atomic E-state index is 0.123. The van der Waals surface area contributed by atoms with Crippen LogP contribution in [0, 0.1) is 0 Å². The molecule has 548 valence electrons. The molecule has 94 heavy (non-hydrogen) atoms. The highest BCUT2D eigenvalue weighted by atomic mass is 16.7. The van der Waals surface area contributed by atoms with Crippen LogP contribution in [-0.2, 0) is 23.8 Å². The number of allylic oxidation sites excluding steroid dienone is 11. The van der Waals surface area contributed by atoms with Gasteiger partial charge in [0.05, 0.1) is 25.4 Å². The van der Waals surface area contributed by atoms with Crippen molar-refractivity contribution in [1.82, 2.24) is 5.32 Å². The predicted molar refractivity (Wildman–Crippen MR) is 398 cm³/mol. The van der Waals surface area contributed by atoms with Gasteiger partial charge in [-0.25, -0.2) is 0 Å². The molecule has 0 aromatic carbocycles. The Balaban J connectivity index is 2.48. The molecule has 0 saturated carbocycles. The van der Waals surface area contributed by atoms with Crippen LogP contribution in [0.3, 0.4) is 0 Å². The molecule has 1 aliphatic heterocycles. The van der Waals surface area contributed by atoms with Gasteiger partial charge in [0, 0.05) is 6.42 Å². The second kappa shape index (κ2) is 70.0. The van der Waals surface area contributed by atoms with E-state index < -0.39 is 67.4 Å². The number of nitrogens with one attached hydrogen (secondary N) is 1. The molecule has 8 atom stereocenters. The first-order valence-corrected chi connectivity index (χ1v) is 40.2. The minimum Gasteiger partial charge on any atom is -0.454 e. The average Bonchev–Trinajstić information content (AvgIpc) is 0.814. The molecule has 0 spiro atoms. The zero-order valence-electron chi connectivity index (χ0n) is 61.3. The molecule has 0 aromatic heterocycles. The van der Waals surface area contributed by atoms with Crippen molar-refractivity contribution in [1.29, 1.82) is 0 Å². The number of rotatable bonds is 70. The van der Waals surface area contributed by atoms with Crippen LogP contribution in [0.4, 0.5) is 0 Å². The summed E-state index contributed by atoms with van der Waals surface area (Å²) in [6.45, 7) is 5.80. The molecule has 1 aliphatic rings. The number of ether oxygens (including phenoxy) is 3. The summed E-state index contributed by atoms with van der Waals surface area (Å²) in [5, 5.41) is 57.5. The molecule has 6 N–H and O–H groups in total. The third-order valence-electron chi connectivity index (χ3n) is 18.8. The maximum atomic E-state index is 13.5. The van der Waals surface area contributed by atoms with E-state index in [1.807, 2.05) is 6.08 Å². The van der Waals surface area contributed by atoms with E-state index in [0.717, 1.165) is 77.0 Å². The smallest absolute Gasteiger partial charge is 0.306 e. The lowest BCUT2D eigenvalue weighted by atomic mass is 9.99. The van der Waals surface area contributed by atoms with Crippen LogP contribution in [-0.4, -0.2) is 99.6 Å². The monoisotopic (exact) mass is 1320 g/mol. The van der Waals surface area contributed by atoms with E-state index in [9.17, 15) is 35.1 Å². The van der Waals surface area contributed by atoms with Crippen LogP contribution in [0.5, 0.6) is 0 Å². The van der Waals surface area contributed by atoms with Crippen LogP contribution < -0.4 is 5.32 Å². The lowest BCUT2D eigenvalue weighted by Crippen LogP contribution is -2.61. The number of carbonyl (C=O) groups excluding carboxylic acids is 2. The Morgan fingerprint density at radius 2 is 0.734 bits per heavy atom. The third kappa shape index (κ3) is 56.0. The van der Waals surface area contributed by atoms with Crippen LogP contribution in [0.25, 0.3) is 0 Å². The highest BCUT2D eigenvalue weighted by Crippen LogP contribution is 2.27. The normalized spacial score (nSPS) is 18.1. The van der Waals surface area contributed by atoms with Crippen molar-refractivity contribution in [2.24, 2.45) is 0 Å². The van der Waals surface area contributed by atoms with Gasteiger partial charge in [0.2, 0.25) is 5.91 Å². The van der Waals surface area contributed by atoms with E-state index in [2.05, 4.69) is 86.8 Å². The Morgan fingerprint density at radius 3 is 1.12 bits per heavy atom. The highest BCUT2D eigenvalue weighted by molar-refractivity contribution is 5.80. The summed E-state index contributed by atoms with van der Waals surface area (Å²) in [5.41, 5.74) is 0. The Kier molecular flexibility index (Phi) is 66.3. The molecule has 1 heterocycles. The topological polar surface area (TPSA) is 175 Å². The summed E-state index contributed by atoms with van der Waals surface area (Å²) in [5.74, 6) is -1.18. The summed E-state index contributed by atoms with van der Waals surface area (Å²) in [4.78, 5) is 26.8. The van der Waals surface area contributed by atoms with Crippen molar-refractivity contribution in [2.75, 3.05) is 13.2 Å². The highest BCUT2D eigenvalue weighted by Gasteiger charge is 2.47. The van der Waals surface area contributed by atoms with E-state index in [0.29, 0.717) is 19.3 Å². The molecule has 0 aromatic rings. The van der Waals surface area contributed by atoms with Gasteiger partial charge in [-0.2, -0.15) is 0 Å². The van der Waals surface area contributed by atoms with Gasteiger partial charge in [-0.1, -0.05) is 351 Å². The van der Waals surface area contributed by atoms with E-state index in [4.69, 9.17) is 14.2 Å². The second-order valence-electron chi connectivity index (χ2n) is 27.8. The first-order valence-electron chi connectivity index (χ1n) is 40.2. The first-order chi connectivity index (χ1) is 46.2. The van der Waals surface area contributed by atoms with Gasteiger partial charge in [0.25, 0.3) is 0 Å². The predicted octanol–water partition coefficient (Wildman–Crippen LogP) is 21.8. The number of carbonyl (C=O) groups is 2. The van der Waals surface area contributed by atoms with Gasteiger partial charge in [-0.3, -0.25) is 9.59 Å². The van der Waals surface area contributed by atoms with E-state index in [1.54, 1.807) is 6.08 Å². The molecule has 0 bridgehead atoms. The molecule has 1 amide bonds. The molecule has 11 heteroatoms. The lowest BCUT2D eigenvalue weighted by molar-refractivity contribution is -0.305. The largest absolute Gasteiger partial charge is 0.454 e. The number of unbranched alkanes of at least 4 members (excludes halogenated alkanes) is 46. The zero-order valence-corrected chi connectivity index (χ0v) is 61.3. The van der Waals surface area contributed by atoms with Crippen LogP contribution in [0.2, 0.25) is 0 Å². The van der Waals surface area contributed by atoms with Gasteiger partial charge in [-0.05, 0) is 96.3 Å². The maximum Gasteiger partial charge on any atom is 0.306 e. The van der Waals surface area contributed by atoms with E-state index in [1.165, 1.54) is 257 Å². The summed E-state index contributed by atoms with van der Waals surface area (Å²) < 4.78 is 17.8. The van der Waals surface area contributed by atoms with Crippen LogP contribution in [0.15, 0.2) is 72.9 Å². The fourth-order valence-corrected chi connectivity index (χ4v) is 12.5. The molecule has 1 saturated heterocycles. The Morgan fingerprint density at radius 1 is 0.415 bits per heavy atom. The van der Waals surface area contributed by atoms with Gasteiger partial charge in [0.1, 0.15) is 24.4 Å². The zero-order chi connectivity index (χ0) is 68.1. The molecule has 0 radical (unpaired) electrons.